The van der Waals surface area contributed by atoms with Crippen molar-refractivity contribution >= 4 is 11.6 Å². The highest BCUT2D eigenvalue weighted by molar-refractivity contribution is 6.30. The number of aliphatic hydroxyl groups is 1. The van der Waals surface area contributed by atoms with E-state index >= 15 is 0 Å². The molecule has 0 unspecified atom stereocenters. The van der Waals surface area contributed by atoms with Crippen molar-refractivity contribution in [2.24, 2.45) is 13.0 Å². The van der Waals surface area contributed by atoms with Crippen molar-refractivity contribution in [3.8, 4) is 0 Å². The highest BCUT2D eigenvalue weighted by Crippen LogP contribution is 2.31. The van der Waals surface area contributed by atoms with Crippen LogP contribution in [0.5, 0.6) is 0 Å². The number of hydrogen-bond acceptors (Lipinski definition) is 3. The Kier molecular flexibility index (Phi) is 3.23. The van der Waals surface area contributed by atoms with Gasteiger partial charge in [-0.2, -0.15) is 5.10 Å². The van der Waals surface area contributed by atoms with Crippen LogP contribution < -0.4 is 0 Å². The summed E-state index contributed by atoms with van der Waals surface area (Å²) in [6.07, 6.45) is 0. The Hall–Kier alpha value is -0.580. The van der Waals surface area contributed by atoms with E-state index in [0.29, 0.717) is 11.1 Å². The van der Waals surface area contributed by atoms with Crippen LogP contribution in [0.4, 0.5) is 0 Å². The number of halogens is 1. The van der Waals surface area contributed by atoms with Crippen LogP contribution in [0.15, 0.2) is 0 Å². The molecule has 1 aliphatic rings. The number of rotatable bonds is 3. The zero-order valence-electron chi connectivity index (χ0n) is 10.9. The minimum Gasteiger partial charge on any atom is -0.387 e. The van der Waals surface area contributed by atoms with E-state index in [1.807, 2.05) is 14.0 Å². The molecular weight excluding hydrogens is 238 g/mol. The van der Waals surface area contributed by atoms with Crippen LogP contribution in [0.1, 0.15) is 25.1 Å². The molecule has 0 bridgehead atoms. The van der Waals surface area contributed by atoms with Gasteiger partial charge >= 0.3 is 0 Å². The fourth-order valence-corrected chi connectivity index (χ4v) is 2.52. The smallest absolute Gasteiger partial charge is 0.131 e. The lowest BCUT2D eigenvalue weighted by molar-refractivity contribution is -0.130. The number of aromatic nitrogens is 2. The van der Waals surface area contributed by atoms with Gasteiger partial charge in [0.25, 0.3) is 0 Å². The van der Waals surface area contributed by atoms with Crippen molar-refractivity contribution in [2.45, 2.75) is 32.9 Å². The number of β-amino-alcohol motifs (C(OH)–C–C–N with tert-alkyl or cyclic N) is 1. The molecule has 0 aromatic carbocycles. The lowest BCUT2D eigenvalue weighted by atomic mass is 9.83. The molecule has 0 amide bonds. The van der Waals surface area contributed by atoms with Crippen LogP contribution >= 0.6 is 11.6 Å². The summed E-state index contributed by atoms with van der Waals surface area (Å²) in [6.45, 7) is 8.28. The first-order valence-corrected chi connectivity index (χ1v) is 6.34. The summed E-state index contributed by atoms with van der Waals surface area (Å²) in [5, 5.41) is 15.2. The molecule has 0 aliphatic carbocycles. The normalized spacial score (nSPS) is 19.7. The molecule has 1 N–H and O–H groups in total. The third-order valence-electron chi connectivity index (χ3n) is 3.72. The fraction of sp³-hybridized carbons (Fsp3) is 0.750. The third-order valence-corrected chi connectivity index (χ3v) is 4.19. The van der Waals surface area contributed by atoms with Gasteiger partial charge in [-0.3, -0.25) is 9.58 Å². The van der Waals surface area contributed by atoms with Crippen LogP contribution in [0.25, 0.3) is 0 Å². The summed E-state index contributed by atoms with van der Waals surface area (Å²) < 4.78 is 1.70. The highest BCUT2D eigenvalue weighted by Gasteiger charge is 2.43. The SMILES string of the molecule is Cc1nn(C)c(Cl)c1CN1CC(O)(C(C)C)C1. The minimum atomic E-state index is -0.525. The molecule has 1 aromatic heterocycles. The van der Waals surface area contributed by atoms with Gasteiger partial charge in [-0.25, -0.2) is 0 Å². The monoisotopic (exact) mass is 257 g/mol. The number of hydrogen-bond donors (Lipinski definition) is 1. The van der Waals surface area contributed by atoms with Gasteiger partial charge in [0.2, 0.25) is 0 Å². The number of nitrogens with zero attached hydrogens (tertiary/aromatic N) is 3. The van der Waals surface area contributed by atoms with Crippen molar-refractivity contribution in [3.05, 3.63) is 16.4 Å². The Balaban J connectivity index is 2.01. The van der Waals surface area contributed by atoms with Gasteiger partial charge in [-0.1, -0.05) is 25.4 Å². The topological polar surface area (TPSA) is 41.3 Å². The Morgan fingerprint density at radius 2 is 2.06 bits per heavy atom. The van der Waals surface area contributed by atoms with E-state index in [-0.39, 0.29) is 0 Å². The van der Waals surface area contributed by atoms with Gasteiger partial charge in [-0.15, -0.1) is 0 Å². The maximum Gasteiger partial charge on any atom is 0.131 e. The summed E-state index contributed by atoms with van der Waals surface area (Å²) in [5.74, 6) is 0.296. The first kappa shape index (κ1) is 12.9. The van der Waals surface area contributed by atoms with E-state index in [1.54, 1.807) is 4.68 Å². The summed E-state index contributed by atoms with van der Waals surface area (Å²) in [6, 6.07) is 0. The first-order valence-electron chi connectivity index (χ1n) is 5.96. The van der Waals surface area contributed by atoms with E-state index in [4.69, 9.17) is 11.6 Å². The Morgan fingerprint density at radius 1 is 1.47 bits per heavy atom. The predicted octanol–water partition coefficient (Wildman–Crippen LogP) is 1.58. The Morgan fingerprint density at radius 3 is 2.47 bits per heavy atom. The number of aryl methyl sites for hydroxylation is 2. The zero-order valence-corrected chi connectivity index (χ0v) is 11.6. The summed E-state index contributed by atoms with van der Waals surface area (Å²) in [5.41, 5.74) is 1.51. The predicted molar refractivity (Wildman–Crippen MR) is 68.0 cm³/mol. The molecule has 1 fully saturated rings. The van der Waals surface area contributed by atoms with E-state index in [0.717, 1.165) is 30.9 Å². The van der Waals surface area contributed by atoms with Crippen molar-refractivity contribution in [1.82, 2.24) is 14.7 Å². The fourth-order valence-electron chi connectivity index (χ4n) is 2.28. The van der Waals surface area contributed by atoms with E-state index in [2.05, 4.69) is 23.8 Å². The van der Waals surface area contributed by atoms with Gasteiger partial charge in [0.1, 0.15) is 5.15 Å². The summed E-state index contributed by atoms with van der Waals surface area (Å²) in [7, 11) is 1.85. The minimum absolute atomic E-state index is 0.296. The van der Waals surface area contributed by atoms with Crippen LogP contribution in [0.3, 0.4) is 0 Å². The van der Waals surface area contributed by atoms with Gasteiger partial charge in [0, 0.05) is 32.2 Å². The molecule has 1 aromatic rings. The molecule has 2 heterocycles. The molecule has 0 saturated carbocycles. The standard InChI is InChI=1S/C12H20ClN3O/c1-8(2)12(17)6-16(7-12)5-10-9(3)14-15(4)11(10)13/h8,17H,5-7H2,1-4H3. The third kappa shape index (κ3) is 2.21. The molecule has 2 rings (SSSR count). The van der Waals surface area contributed by atoms with Gasteiger partial charge in [-0.05, 0) is 12.8 Å². The zero-order chi connectivity index (χ0) is 12.8. The van der Waals surface area contributed by atoms with Crippen molar-refractivity contribution in [2.75, 3.05) is 13.1 Å². The molecule has 17 heavy (non-hydrogen) atoms. The van der Waals surface area contributed by atoms with Crippen molar-refractivity contribution < 1.29 is 5.11 Å². The maximum absolute atomic E-state index is 10.2. The molecule has 5 heteroatoms. The van der Waals surface area contributed by atoms with Crippen molar-refractivity contribution in [1.29, 1.82) is 0 Å². The van der Waals surface area contributed by atoms with Gasteiger partial charge in [0.15, 0.2) is 0 Å². The summed E-state index contributed by atoms with van der Waals surface area (Å²) >= 11 is 6.18. The lowest BCUT2D eigenvalue weighted by Crippen LogP contribution is -2.63. The largest absolute Gasteiger partial charge is 0.387 e. The second kappa shape index (κ2) is 4.26. The molecule has 1 saturated heterocycles. The molecular formula is C12H20ClN3O. The molecule has 0 spiro atoms. The first-order chi connectivity index (χ1) is 7.83. The van der Waals surface area contributed by atoms with E-state index < -0.39 is 5.60 Å². The molecule has 1 aliphatic heterocycles. The average molecular weight is 258 g/mol. The molecule has 0 radical (unpaired) electrons. The molecule has 4 nitrogen and oxygen atoms in total. The van der Waals surface area contributed by atoms with Crippen molar-refractivity contribution in [3.63, 3.8) is 0 Å². The molecule has 96 valence electrons. The quantitative estimate of drug-likeness (QED) is 0.894. The van der Waals surface area contributed by atoms with Crippen LogP contribution in [-0.2, 0) is 13.6 Å². The van der Waals surface area contributed by atoms with Gasteiger partial charge < -0.3 is 5.11 Å². The van der Waals surface area contributed by atoms with E-state index in [1.165, 1.54) is 0 Å². The van der Waals surface area contributed by atoms with Gasteiger partial charge in [0.05, 0.1) is 11.3 Å². The number of likely N-dealkylation sites (tertiary alicyclic amines) is 1. The highest BCUT2D eigenvalue weighted by atomic mass is 35.5. The summed E-state index contributed by atoms with van der Waals surface area (Å²) in [4.78, 5) is 2.20. The van der Waals surface area contributed by atoms with Crippen LogP contribution in [-0.4, -0.2) is 38.5 Å². The Labute approximate surface area is 107 Å². The van der Waals surface area contributed by atoms with Crippen LogP contribution in [0.2, 0.25) is 5.15 Å². The lowest BCUT2D eigenvalue weighted by Gasteiger charge is -2.49. The second-order valence-corrected chi connectivity index (χ2v) is 5.74. The molecule has 0 atom stereocenters. The average Bonchev–Trinajstić information content (AvgIpc) is 2.42. The Bertz CT molecular complexity index is 422. The maximum atomic E-state index is 10.2. The van der Waals surface area contributed by atoms with E-state index in [9.17, 15) is 5.11 Å². The van der Waals surface area contributed by atoms with Crippen LogP contribution in [0, 0.1) is 12.8 Å². The second-order valence-electron chi connectivity index (χ2n) is 5.38.